The van der Waals surface area contributed by atoms with Crippen molar-refractivity contribution < 1.29 is 18.7 Å². The first-order valence-electron chi connectivity index (χ1n) is 13.9. The third-order valence-corrected chi connectivity index (χ3v) is 8.29. The van der Waals surface area contributed by atoms with Crippen molar-refractivity contribution >= 4 is 40.7 Å². The third kappa shape index (κ3) is 6.13. The van der Waals surface area contributed by atoms with Crippen LogP contribution in [0.4, 0.5) is 4.39 Å². The first-order chi connectivity index (χ1) is 21.4. The zero-order chi connectivity index (χ0) is 30.6. The molecule has 0 bridgehead atoms. The summed E-state index contributed by atoms with van der Waals surface area (Å²) < 4.78 is 27.2. The number of hydrogen-bond donors (Lipinski definition) is 0. The van der Waals surface area contributed by atoms with E-state index in [4.69, 9.17) is 26.1 Å². The Bertz CT molecular complexity index is 2020. The summed E-state index contributed by atoms with van der Waals surface area (Å²) >= 11 is 7.18. The lowest BCUT2D eigenvalue weighted by Gasteiger charge is -2.25. The molecule has 0 saturated heterocycles. The van der Waals surface area contributed by atoms with Gasteiger partial charge in [0, 0.05) is 10.6 Å². The monoisotopic (exact) mass is 624 g/mol. The average molecular weight is 625 g/mol. The molecule has 0 aliphatic carbocycles. The van der Waals surface area contributed by atoms with Crippen molar-refractivity contribution in [3.8, 4) is 5.75 Å². The maximum Gasteiger partial charge on any atom is 0.338 e. The Labute approximate surface area is 261 Å². The molecule has 1 aromatic heterocycles. The van der Waals surface area contributed by atoms with Gasteiger partial charge in [-0.3, -0.25) is 9.36 Å². The van der Waals surface area contributed by atoms with Crippen LogP contribution in [0.2, 0.25) is 5.02 Å². The number of ether oxygens (including phenoxy) is 2. The summed E-state index contributed by atoms with van der Waals surface area (Å²) in [7, 11) is 0. The minimum atomic E-state index is -0.869. The Kier molecular flexibility index (Phi) is 8.54. The van der Waals surface area contributed by atoms with Gasteiger partial charge < -0.3 is 9.47 Å². The molecule has 6 rings (SSSR count). The molecule has 0 amide bonds. The number of thiazole rings is 1. The van der Waals surface area contributed by atoms with E-state index >= 15 is 0 Å². The molecule has 0 fully saturated rings. The van der Waals surface area contributed by atoms with E-state index in [0.717, 1.165) is 11.1 Å². The number of benzene rings is 4. The van der Waals surface area contributed by atoms with E-state index in [1.54, 1.807) is 25.1 Å². The number of halogens is 2. The zero-order valence-corrected chi connectivity index (χ0v) is 25.1. The van der Waals surface area contributed by atoms with Crippen molar-refractivity contribution in [2.45, 2.75) is 19.6 Å². The van der Waals surface area contributed by atoms with E-state index in [0.29, 0.717) is 43.5 Å². The third-order valence-electron chi connectivity index (χ3n) is 7.06. The molecule has 0 spiro atoms. The second kappa shape index (κ2) is 12.8. The number of rotatable bonds is 8. The van der Waals surface area contributed by atoms with E-state index in [1.807, 2.05) is 78.9 Å². The average Bonchev–Trinajstić information content (AvgIpc) is 3.35. The first-order valence-corrected chi connectivity index (χ1v) is 15.1. The molecule has 44 heavy (non-hydrogen) atoms. The fourth-order valence-electron chi connectivity index (χ4n) is 4.96. The lowest BCUT2D eigenvalue weighted by atomic mass is 9.93. The van der Waals surface area contributed by atoms with E-state index in [-0.39, 0.29) is 17.7 Å². The Morgan fingerprint density at radius 2 is 1.68 bits per heavy atom. The van der Waals surface area contributed by atoms with Crippen LogP contribution in [0, 0.1) is 5.82 Å². The van der Waals surface area contributed by atoms with E-state index in [9.17, 15) is 14.0 Å². The number of carbonyl (C=O) groups is 1. The number of hydrogen-bond acceptors (Lipinski definition) is 6. The van der Waals surface area contributed by atoms with Crippen molar-refractivity contribution in [3.63, 3.8) is 0 Å². The molecular weight excluding hydrogens is 599 g/mol. The molecular formula is C35H26ClFN2O4S. The van der Waals surface area contributed by atoms with Crippen molar-refractivity contribution in [1.82, 2.24) is 4.57 Å². The second-order valence-corrected chi connectivity index (χ2v) is 11.4. The van der Waals surface area contributed by atoms with Crippen LogP contribution < -0.4 is 19.6 Å². The van der Waals surface area contributed by atoms with Gasteiger partial charge in [0.25, 0.3) is 5.56 Å². The van der Waals surface area contributed by atoms with Gasteiger partial charge in [-0.2, -0.15) is 0 Å². The van der Waals surface area contributed by atoms with Crippen molar-refractivity contribution in [3.05, 3.63) is 161 Å². The van der Waals surface area contributed by atoms with Crippen molar-refractivity contribution in [1.29, 1.82) is 0 Å². The molecule has 220 valence electrons. The van der Waals surface area contributed by atoms with Gasteiger partial charge in [0.15, 0.2) is 4.80 Å². The van der Waals surface area contributed by atoms with Gasteiger partial charge in [-0.1, -0.05) is 89.7 Å². The Morgan fingerprint density at radius 3 is 2.36 bits per heavy atom. The fraction of sp³-hybridized carbons (Fsp3) is 0.114. The molecule has 5 aromatic rings. The summed E-state index contributed by atoms with van der Waals surface area (Å²) in [5, 5.41) is 0.667. The van der Waals surface area contributed by atoms with Crippen LogP contribution in [0.5, 0.6) is 5.75 Å². The lowest BCUT2D eigenvalue weighted by Crippen LogP contribution is -2.40. The lowest BCUT2D eigenvalue weighted by molar-refractivity contribution is -0.138. The predicted octanol–water partition coefficient (Wildman–Crippen LogP) is 6.31. The molecule has 1 aliphatic heterocycles. The number of fused-ring (bicyclic) bond motifs is 1. The van der Waals surface area contributed by atoms with Gasteiger partial charge in [0.1, 0.15) is 18.2 Å². The Morgan fingerprint density at radius 1 is 0.977 bits per heavy atom. The molecule has 0 unspecified atom stereocenters. The SMILES string of the molecule is CCOC(=O)C1=C(c2ccccc2)N=c2s/c(=C\c3ccc(OCc4ccc(Cl)cc4)cc3)c(=O)n2[C@H]1c1ccc(F)cc1. The zero-order valence-electron chi connectivity index (χ0n) is 23.6. The highest BCUT2D eigenvalue weighted by Gasteiger charge is 2.35. The summed E-state index contributed by atoms with van der Waals surface area (Å²) in [5.74, 6) is -0.332. The van der Waals surface area contributed by atoms with Crippen LogP contribution in [0.25, 0.3) is 11.8 Å². The normalized spacial score (nSPS) is 14.6. The van der Waals surface area contributed by atoms with Crippen LogP contribution >= 0.6 is 22.9 Å². The van der Waals surface area contributed by atoms with Gasteiger partial charge in [-0.05, 0) is 66.1 Å². The maximum atomic E-state index is 14.0. The largest absolute Gasteiger partial charge is 0.489 e. The van der Waals surface area contributed by atoms with Gasteiger partial charge in [-0.25, -0.2) is 14.2 Å². The minimum Gasteiger partial charge on any atom is -0.489 e. The van der Waals surface area contributed by atoms with Crippen LogP contribution in [0.15, 0.2) is 118 Å². The highest BCUT2D eigenvalue weighted by Crippen LogP contribution is 2.35. The van der Waals surface area contributed by atoms with Crippen LogP contribution in [-0.4, -0.2) is 17.1 Å². The molecule has 0 radical (unpaired) electrons. The first kappa shape index (κ1) is 29.3. The van der Waals surface area contributed by atoms with Crippen molar-refractivity contribution in [2.24, 2.45) is 4.99 Å². The summed E-state index contributed by atoms with van der Waals surface area (Å²) in [5.41, 5.74) is 3.36. The number of nitrogens with zero attached hydrogens (tertiary/aromatic N) is 2. The summed E-state index contributed by atoms with van der Waals surface area (Å²) in [6, 6.07) is 29.1. The molecule has 0 saturated carbocycles. The van der Waals surface area contributed by atoms with E-state index in [2.05, 4.69) is 0 Å². The Hall–Kier alpha value is -4.79. The molecule has 1 atom stereocenters. The smallest absolute Gasteiger partial charge is 0.338 e. The van der Waals surface area contributed by atoms with Crippen LogP contribution in [0.1, 0.15) is 35.2 Å². The fourth-order valence-corrected chi connectivity index (χ4v) is 6.09. The molecule has 9 heteroatoms. The van der Waals surface area contributed by atoms with E-state index < -0.39 is 17.8 Å². The van der Waals surface area contributed by atoms with Crippen LogP contribution in [0.3, 0.4) is 0 Å². The molecule has 6 nitrogen and oxygen atoms in total. The van der Waals surface area contributed by atoms with Gasteiger partial charge in [0.2, 0.25) is 0 Å². The molecule has 1 aliphatic rings. The standard InChI is InChI=1S/C35H26ClFN2O4S/c1-2-42-34(41)30-31(24-6-4-3-5-7-24)38-35-39(32(30)25-12-16-27(37)17-13-25)33(40)29(44-35)20-22-10-18-28(19-11-22)43-21-23-8-14-26(36)15-9-23/h3-20,32H,2,21H2,1H3/b29-20-/t32-/m0/s1. The Balaban J connectivity index is 1.42. The number of esters is 1. The maximum absolute atomic E-state index is 14.0. The highest BCUT2D eigenvalue weighted by molar-refractivity contribution is 7.07. The van der Waals surface area contributed by atoms with Crippen molar-refractivity contribution in [2.75, 3.05) is 6.61 Å². The van der Waals surface area contributed by atoms with Gasteiger partial charge >= 0.3 is 5.97 Å². The topological polar surface area (TPSA) is 69.9 Å². The second-order valence-electron chi connectivity index (χ2n) is 9.97. The summed E-state index contributed by atoms with van der Waals surface area (Å²) in [6.45, 7) is 2.26. The van der Waals surface area contributed by atoms with E-state index in [1.165, 1.54) is 28.0 Å². The minimum absolute atomic E-state index is 0.143. The van der Waals surface area contributed by atoms with Gasteiger partial charge in [-0.15, -0.1) is 0 Å². The number of aromatic nitrogens is 1. The quantitative estimate of drug-likeness (QED) is 0.190. The molecule has 2 heterocycles. The van der Waals surface area contributed by atoms with Gasteiger partial charge in [0.05, 0.1) is 28.5 Å². The summed E-state index contributed by atoms with van der Waals surface area (Å²) in [4.78, 5) is 32.7. The number of carbonyl (C=O) groups excluding carboxylic acids is 1. The van der Waals surface area contributed by atoms with Crippen LogP contribution in [-0.2, 0) is 16.1 Å². The predicted molar refractivity (Wildman–Crippen MR) is 170 cm³/mol. The highest BCUT2D eigenvalue weighted by atomic mass is 35.5. The summed E-state index contributed by atoms with van der Waals surface area (Å²) in [6.07, 6.45) is 1.78. The molecule has 4 aromatic carbocycles. The molecule has 0 N–H and O–H groups in total.